The van der Waals surface area contributed by atoms with Gasteiger partial charge in [-0.2, -0.15) is 4.31 Å². The number of methoxy groups -OCH3 is 1. The van der Waals surface area contributed by atoms with Crippen LogP contribution >= 0.6 is 0 Å². The van der Waals surface area contributed by atoms with Gasteiger partial charge in [-0.3, -0.25) is 0 Å². The first-order chi connectivity index (χ1) is 9.93. The Morgan fingerprint density at radius 3 is 2.57 bits per heavy atom. The second-order valence-electron chi connectivity index (χ2n) is 4.88. The minimum absolute atomic E-state index is 0.137. The van der Waals surface area contributed by atoms with Gasteiger partial charge in [0, 0.05) is 31.8 Å². The molecule has 1 aromatic rings. The zero-order valence-corrected chi connectivity index (χ0v) is 12.5. The number of ether oxygens (including phenoxy) is 1. The molecule has 0 heterocycles. The SMILES string of the molecule is COCCN(C1CC1)S(=O)(=O)c1ccc(F)c(CN)c1F. The number of sulfonamides is 1. The standard InChI is InChI=1S/C13H18F2N2O3S/c1-20-7-6-17(9-2-3-9)21(18,19)12-5-4-11(14)10(8-16)13(12)15/h4-5,9H,2-3,6-8,16H2,1H3. The first-order valence-electron chi connectivity index (χ1n) is 6.61. The van der Waals surface area contributed by atoms with Gasteiger partial charge in [0.05, 0.1) is 6.61 Å². The summed E-state index contributed by atoms with van der Waals surface area (Å²) in [6, 6.07) is 1.73. The third kappa shape index (κ3) is 3.23. The van der Waals surface area contributed by atoms with Crippen LogP contribution in [0.25, 0.3) is 0 Å². The summed E-state index contributed by atoms with van der Waals surface area (Å²) in [6.45, 7) is -0.0525. The van der Waals surface area contributed by atoms with Crippen LogP contribution in [0.5, 0.6) is 0 Å². The van der Waals surface area contributed by atoms with Crippen LogP contribution in [0, 0.1) is 11.6 Å². The van der Waals surface area contributed by atoms with E-state index in [1.807, 2.05) is 0 Å². The Balaban J connectivity index is 2.42. The van der Waals surface area contributed by atoms with Crippen LogP contribution in [0.15, 0.2) is 17.0 Å². The van der Waals surface area contributed by atoms with Gasteiger partial charge in [-0.1, -0.05) is 0 Å². The van der Waals surface area contributed by atoms with Crippen molar-refractivity contribution in [2.24, 2.45) is 5.73 Å². The van der Waals surface area contributed by atoms with Crippen LogP contribution in [-0.2, 0) is 21.3 Å². The summed E-state index contributed by atoms with van der Waals surface area (Å²) in [5.41, 5.74) is 4.87. The molecule has 0 aliphatic heterocycles. The van der Waals surface area contributed by atoms with E-state index in [4.69, 9.17) is 10.5 Å². The van der Waals surface area contributed by atoms with E-state index in [0.29, 0.717) is 0 Å². The number of halogens is 2. The molecule has 1 aliphatic carbocycles. The molecule has 0 spiro atoms. The molecule has 1 fully saturated rings. The van der Waals surface area contributed by atoms with Gasteiger partial charge in [0.25, 0.3) is 0 Å². The highest BCUT2D eigenvalue weighted by atomic mass is 32.2. The Hall–Kier alpha value is -1.09. The summed E-state index contributed by atoms with van der Waals surface area (Å²) in [7, 11) is -2.57. The predicted octanol–water partition coefficient (Wildman–Crippen LogP) is 1.22. The van der Waals surface area contributed by atoms with E-state index >= 15 is 0 Å². The number of benzene rings is 1. The summed E-state index contributed by atoms with van der Waals surface area (Å²) in [5, 5.41) is 0. The lowest BCUT2D eigenvalue weighted by atomic mass is 10.2. The average molecular weight is 320 g/mol. The van der Waals surface area contributed by atoms with E-state index in [1.165, 1.54) is 11.4 Å². The number of hydrogen-bond donors (Lipinski definition) is 1. The van der Waals surface area contributed by atoms with Crippen LogP contribution in [0.1, 0.15) is 18.4 Å². The number of nitrogens with two attached hydrogens (primary N) is 1. The lowest BCUT2D eigenvalue weighted by molar-refractivity contribution is 0.177. The Labute approximate surface area is 122 Å². The fourth-order valence-electron chi connectivity index (χ4n) is 2.13. The normalized spacial score (nSPS) is 15.7. The average Bonchev–Trinajstić information content (AvgIpc) is 3.23. The number of hydrogen-bond acceptors (Lipinski definition) is 4. The highest BCUT2D eigenvalue weighted by molar-refractivity contribution is 7.89. The van der Waals surface area contributed by atoms with Gasteiger partial charge in [-0.15, -0.1) is 0 Å². The lowest BCUT2D eigenvalue weighted by Gasteiger charge is -2.22. The van der Waals surface area contributed by atoms with Crippen LogP contribution in [0.4, 0.5) is 8.78 Å². The molecule has 0 radical (unpaired) electrons. The van der Waals surface area contributed by atoms with Crippen molar-refractivity contribution >= 4 is 10.0 Å². The molecule has 118 valence electrons. The quantitative estimate of drug-likeness (QED) is 0.820. The summed E-state index contributed by atoms with van der Waals surface area (Å²) in [4.78, 5) is -0.535. The maximum atomic E-state index is 14.2. The van der Waals surface area contributed by atoms with Gasteiger partial charge in [0.2, 0.25) is 10.0 Å². The molecule has 0 unspecified atom stereocenters. The molecule has 1 aliphatic rings. The highest BCUT2D eigenvalue weighted by Crippen LogP contribution is 2.33. The molecule has 0 saturated heterocycles. The molecular weight excluding hydrogens is 302 g/mol. The second kappa shape index (κ2) is 6.35. The molecule has 0 bridgehead atoms. The van der Waals surface area contributed by atoms with Crippen molar-refractivity contribution < 1.29 is 21.9 Å². The first kappa shape index (κ1) is 16.3. The largest absolute Gasteiger partial charge is 0.383 e. The van der Waals surface area contributed by atoms with Gasteiger partial charge in [0.1, 0.15) is 10.7 Å². The zero-order chi connectivity index (χ0) is 15.6. The fourth-order valence-corrected chi connectivity index (χ4v) is 3.89. The fraction of sp³-hybridized carbons (Fsp3) is 0.538. The molecule has 5 nitrogen and oxygen atoms in total. The Morgan fingerprint density at radius 1 is 1.38 bits per heavy atom. The lowest BCUT2D eigenvalue weighted by Crippen LogP contribution is -2.36. The molecule has 1 aromatic carbocycles. The van der Waals surface area contributed by atoms with Crippen LogP contribution in [0.3, 0.4) is 0 Å². The van der Waals surface area contributed by atoms with Crippen molar-refractivity contribution in [3.63, 3.8) is 0 Å². The van der Waals surface area contributed by atoms with Crippen LogP contribution in [-0.4, -0.2) is 39.0 Å². The minimum Gasteiger partial charge on any atom is -0.383 e. The maximum Gasteiger partial charge on any atom is 0.246 e. The monoisotopic (exact) mass is 320 g/mol. The molecule has 21 heavy (non-hydrogen) atoms. The summed E-state index contributed by atoms with van der Waals surface area (Å²) in [6.07, 6.45) is 1.46. The Kier molecular flexibility index (Phi) is 4.92. The molecule has 0 aromatic heterocycles. The van der Waals surface area contributed by atoms with Gasteiger partial charge in [-0.05, 0) is 25.0 Å². The highest BCUT2D eigenvalue weighted by Gasteiger charge is 2.39. The molecule has 8 heteroatoms. The van der Waals surface area contributed by atoms with E-state index in [1.54, 1.807) is 0 Å². The number of rotatable bonds is 7. The molecule has 0 atom stereocenters. The van der Waals surface area contributed by atoms with E-state index in [9.17, 15) is 17.2 Å². The summed E-state index contributed by atoms with van der Waals surface area (Å²) in [5.74, 6) is -1.95. The summed E-state index contributed by atoms with van der Waals surface area (Å²) >= 11 is 0. The van der Waals surface area contributed by atoms with Crippen molar-refractivity contribution in [3.8, 4) is 0 Å². The van der Waals surface area contributed by atoms with E-state index in [0.717, 1.165) is 25.0 Å². The van der Waals surface area contributed by atoms with E-state index in [-0.39, 0.29) is 19.2 Å². The van der Waals surface area contributed by atoms with Crippen LogP contribution in [0.2, 0.25) is 0 Å². The smallest absolute Gasteiger partial charge is 0.246 e. The molecule has 0 amide bonds. The third-order valence-electron chi connectivity index (χ3n) is 3.41. The van der Waals surface area contributed by atoms with Crippen LogP contribution < -0.4 is 5.73 Å². The van der Waals surface area contributed by atoms with Crippen molar-refractivity contribution in [1.29, 1.82) is 0 Å². The van der Waals surface area contributed by atoms with Gasteiger partial charge < -0.3 is 10.5 Å². The molecule has 2 N–H and O–H groups in total. The Bertz CT molecular complexity index is 618. The molecule has 2 rings (SSSR count). The van der Waals surface area contributed by atoms with E-state index in [2.05, 4.69) is 0 Å². The first-order valence-corrected chi connectivity index (χ1v) is 8.05. The van der Waals surface area contributed by atoms with Gasteiger partial charge in [0.15, 0.2) is 5.82 Å². The molecular formula is C13H18F2N2O3S. The predicted molar refractivity (Wildman–Crippen MR) is 73.0 cm³/mol. The van der Waals surface area contributed by atoms with Crippen molar-refractivity contribution in [2.45, 2.75) is 30.3 Å². The summed E-state index contributed by atoms with van der Waals surface area (Å²) < 4.78 is 59.0. The second-order valence-corrected chi connectivity index (χ2v) is 6.74. The van der Waals surface area contributed by atoms with E-state index < -0.39 is 38.7 Å². The maximum absolute atomic E-state index is 14.2. The number of nitrogens with zero attached hydrogens (tertiary/aromatic N) is 1. The van der Waals surface area contributed by atoms with Gasteiger partial charge >= 0.3 is 0 Å². The van der Waals surface area contributed by atoms with Crippen molar-refractivity contribution in [3.05, 3.63) is 29.3 Å². The Morgan fingerprint density at radius 2 is 2.05 bits per heavy atom. The molecule has 1 saturated carbocycles. The van der Waals surface area contributed by atoms with Crippen molar-refractivity contribution in [1.82, 2.24) is 4.31 Å². The van der Waals surface area contributed by atoms with Crippen molar-refractivity contribution in [2.75, 3.05) is 20.3 Å². The van der Waals surface area contributed by atoms with Gasteiger partial charge in [-0.25, -0.2) is 17.2 Å². The minimum atomic E-state index is -4.03. The third-order valence-corrected chi connectivity index (χ3v) is 5.38. The zero-order valence-electron chi connectivity index (χ0n) is 11.7. The topological polar surface area (TPSA) is 72.6 Å².